The average Bonchev–Trinajstić information content (AvgIpc) is 2.55. The second-order valence-electron chi connectivity index (χ2n) is 4.04. The van der Waals surface area contributed by atoms with Gasteiger partial charge in [-0.25, -0.2) is 20.0 Å². The molecular weight excluding hydrogens is 380 g/mol. The monoisotopic (exact) mass is 398 g/mol. The molecule has 0 aromatic carbocycles. The quantitative estimate of drug-likeness (QED) is 0.193. The van der Waals surface area contributed by atoms with E-state index in [1.807, 2.05) is 12.1 Å². The first-order valence-electron chi connectivity index (χ1n) is 6.79. The molecule has 0 fully saturated rings. The SMILES string of the molecule is NC(N)=Nc1ccc[nH+]c1.NC(N)=Nc1ccc[nH+]c1.O=[N+]([O-])[O-].O=[N+]([O-])[O-]. The summed E-state index contributed by atoms with van der Waals surface area (Å²) in [6, 6.07) is 7.25. The molecule has 0 saturated carbocycles. The number of nitrogens with one attached hydrogen (secondary N) is 2. The van der Waals surface area contributed by atoms with Gasteiger partial charge in [-0.15, -0.1) is 0 Å². The summed E-state index contributed by atoms with van der Waals surface area (Å²) in [5, 5.41) is 29.5. The number of hydrogen-bond donors (Lipinski definition) is 4. The molecule has 0 saturated heterocycles. The molecule has 0 radical (unpaired) electrons. The Labute approximate surface area is 157 Å². The molecule has 0 amide bonds. The van der Waals surface area contributed by atoms with Gasteiger partial charge in [0.05, 0.1) is 10.2 Å². The Balaban J connectivity index is 0. The van der Waals surface area contributed by atoms with Crippen LogP contribution in [0.4, 0.5) is 11.4 Å². The lowest BCUT2D eigenvalue weighted by Crippen LogP contribution is -2.22. The number of H-pyrrole nitrogens is 2. The van der Waals surface area contributed by atoms with Crippen LogP contribution in [0.5, 0.6) is 0 Å². The second kappa shape index (κ2) is 15.7. The van der Waals surface area contributed by atoms with E-state index in [1.54, 1.807) is 36.9 Å². The molecule has 0 spiro atoms. The average molecular weight is 398 g/mol. The third-order valence-electron chi connectivity index (χ3n) is 1.90. The molecule has 0 atom stereocenters. The van der Waals surface area contributed by atoms with E-state index >= 15 is 0 Å². The van der Waals surface area contributed by atoms with E-state index in [4.69, 9.17) is 53.6 Å². The maximum atomic E-state index is 8.25. The van der Waals surface area contributed by atoms with Crippen molar-refractivity contribution in [3.05, 3.63) is 79.7 Å². The van der Waals surface area contributed by atoms with E-state index in [0.717, 1.165) is 11.4 Å². The number of aliphatic imine (C=N–C) groups is 2. The molecule has 0 aliphatic rings. The minimum atomic E-state index is -1.75. The van der Waals surface area contributed by atoms with E-state index < -0.39 is 10.2 Å². The van der Waals surface area contributed by atoms with E-state index in [1.165, 1.54) is 0 Å². The lowest BCUT2D eigenvalue weighted by atomic mass is 10.4. The third kappa shape index (κ3) is 23.5. The summed E-state index contributed by atoms with van der Waals surface area (Å²) in [7, 11) is 0. The van der Waals surface area contributed by atoms with Crippen LogP contribution in [0.3, 0.4) is 0 Å². The maximum Gasteiger partial charge on any atom is 0.193 e. The van der Waals surface area contributed by atoms with Gasteiger partial charge >= 0.3 is 0 Å². The minimum Gasteiger partial charge on any atom is -0.370 e. The first-order chi connectivity index (χ1) is 13.0. The van der Waals surface area contributed by atoms with Gasteiger partial charge in [0.15, 0.2) is 36.7 Å². The van der Waals surface area contributed by atoms with Crippen molar-refractivity contribution in [3.63, 3.8) is 0 Å². The Bertz CT molecular complexity index is 675. The van der Waals surface area contributed by atoms with Crippen molar-refractivity contribution in [3.8, 4) is 0 Å². The summed E-state index contributed by atoms with van der Waals surface area (Å²) in [6.07, 6.45) is 6.98. The van der Waals surface area contributed by atoms with Gasteiger partial charge in [0.25, 0.3) is 0 Å². The number of rotatable bonds is 2. The summed E-state index contributed by atoms with van der Waals surface area (Å²) in [6.45, 7) is 0. The lowest BCUT2D eigenvalue weighted by Gasteiger charge is -1.87. The minimum absolute atomic E-state index is 0.0691. The molecule has 2 rings (SSSR count). The van der Waals surface area contributed by atoms with Crippen molar-refractivity contribution in [2.24, 2.45) is 32.9 Å². The fourth-order valence-electron chi connectivity index (χ4n) is 1.20. The van der Waals surface area contributed by atoms with Crippen molar-refractivity contribution < 1.29 is 20.1 Å². The highest BCUT2D eigenvalue weighted by Crippen LogP contribution is 2.04. The van der Waals surface area contributed by atoms with Gasteiger partial charge in [0, 0.05) is 12.1 Å². The van der Waals surface area contributed by atoms with Crippen LogP contribution in [0.1, 0.15) is 0 Å². The molecule has 0 aliphatic heterocycles. The molecule has 28 heavy (non-hydrogen) atoms. The molecule has 16 heteroatoms. The molecule has 2 aromatic heterocycles. The van der Waals surface area contributed by atoms with Gasteiger partial charge in [-0.2, -0.15) is 0 Å². The fraction of sp³-hybridized carbons (Fsp3) is 0. The van der Waals surface area contributed by atoms with Gasteiger partial charge in [-0.1, -0.05) is 0 Å². The van der Waals surface area contributed by atoms with Gasteiger partial charge in [0.2, 0.25) is 0 Å². The molecule has 16 nitrogen and oxygen atoms in total. The molecule has 0 bridgehead atoms. The van der Waals surface area contributed by atoms with Crippen molar-refractivity contribution in [1.82, 2.24) is 0 Å². The molecule has 0 aliphatic carbocycles. The Hall–Kier alpha value is -4.76. The summed E-state index contributed by atoms with van der Waals surface area (Å²) in [5.41, 5.74) is 22.0. The van der Waals surface area contributed by atoms with Crippen LogP contribution in [-0.2, 0) is 0 Å². The summed E-state index contributed by atoms with van der Waals surface area (Å²) in [5.74, 6) is 0.138. The largest absolute Gasteiger partial charge is 0.370 e. The zero-order valence-electron chi connectivity index (χ0n) is 14.2. The van der Waals surface area contributed by atoms with Crippen LogP contribution in [0.25, 0.3) is 0 Å². The Morgan fingerprint density at radius 1 is 0.750 bits per heavy atom. The van der Waals surface area contributed by atoms with Gasteiger partial charge in [-0.05, 0) is 12.1 Å². The number of aromatic nitrogens is 2. The van der Waals surface area contributed by atoms with E-state index in [-0.39, 0.29) is 11.9 Å². The van der Waals surface area contributed by atoms with Crippen LogP contribution in [0, 0.1) is 30.6 Å². The first-order valence-corrected chi connectivity index (χ1v) is 6.79. The van der Waals surface area contributed by atoms with Crippen molar-refractivity contribution >= 4 is 23.3 Å². The highest BCUT2D eigenvalue weighted by atomic mass is 16.9. The predicted octanol–water partition coefficient (Wildman–Crippen LogP) is -1.67. The van der Waals surface area contributed by atoms with Crippen molar-refractivity contribution in [1.29, 1.82) is 0 Å². The summed E-state index contributed by atoms with van der Waals surface area (Å²) >= 11 is 0. The maximum absolute atomic E-state index is 8.25. The summed E-state index contributed by atoms with van der Waals surface area (Å²) in [4.78, 5) is 29.8. The highest BCUT2D eigenvalue weighted by molar-refractivity contribution is 5.79. The number of nitrogens with two attached hydrogens (primary N) is 4. The number of pyridine rings is 2. The molecule has 2 aromatic rings. The van der Waals surface area contributed by atoms with Gasteiger partial charge in [-0.3, -0.25) is 0 Å². The third-order valence-corrected chi connectivity index (χ3v) is 1.90. The van der Waals surface area contributed by atoms with E-state index in [0.29, 0.717) is 0 Å². The molecule has 10 N–H and O–H groups in total. The zero-order valence-corrected chi connectivity index (χ0v) is 14.2. The molecule has 2 heterocycles. The molecular formula is C12H18N10O6. The topological polar surface area (TPSA) is 289 Å². The smallest absolute Gasteiger partial charge is 0.193 e. The Kier molecular flexibility index (Phi) is 14.3. The zero-order chi connectivity index (χ0) is 21.9. The number of aromatic amines is 2. The van der Waals surface area contributed by atoms with Crippen LogP contribution in [0.2, 0.25) is 0 Å². The Morgan fingerprint density at radius 3 is 1.21 bits per heavy atom. The van der Waals surface area contributed by atoms with Crippen LogP contribution in [0.15, 0.2) is 59.0 Å². The van der Waals surface area contributed by atoms with Crippen molar-refractivity contribution in [2.75, 3.05) is 0 Å². The lowest BCUT2D eigenvalue weighted by molar-refractivity contribution is -0.403. The summed E-state index contributed by atoms with van der Waals surface area (Å²) < 4.78 is 0. The number of nitrogens with zero attached hydrogens (tertiary/aromatic N) is 4. The van der Waals surface area contributed by atoms with Crippen molar-refractivity contribution in [2.45, 2.75) is 0 Å². The van der Waals surface area contributed by atoms with E-state index in [2.05, 4.69) is 20.0 Å². The molecule has 0 unspecified atom stereocenters. The van der Waals surface area contributed by atoms with Crippen LogP contribution in [-0.4, -0.2) is 22.1 Å². The Morgan fingerprint density at radius 2 is 1.04 bits per heavy atom. The first kappa shape index (κ1) is 25.5. The number of guanidine groups is 2. The van der Waals surface area contributed by atoms with E-state index in [9.17, 15) is 0 Å². The normalized spacial score (nSPS) is 8.00. The van der Waals surface area contributed by atoms with Gasteiger partial charge < -0.3 is 53.6 Å². The van der Waals surface area contributed by atoms with Gasteiger partial charge in [0.1, 0.15) is 11.4 Å². The second-order valence-corrected chi connectivity index (χ2v) is 4.04. The van der Waals surface area contributed by atoms with Crippen LogP contribution < -0.4 is 32.9 Å². The fourth-order valence-corrected chi connectivity index (χ4v) is 1.20. The predicted molar refractivity (Wildman–Crippen MR) is 97.7 cm³/mol. The number of hydrogen-bond acceptors (Lipinski definition) is 8. The highest BCUT2D eigenvalue weighted by Gasteiger charge is 1.90. The van der Waals surface area contributed by atoms with Crippen LogP contribution >= 0.6 is 0 Å². The standard InChI is InChI=1S/2C6H8N4.2NO3/c2*7-6(8)10-5-2-1-3-9-4-5;2*2-1(3)4/h2*1-4H,(H4,7,8,10);;/q;;2*-1/p+2. The molecule has 152 valence electrons.